The molecule has 0 saturated carbocycles. The lowest BCUT2D eigenvalue weighted by Crippen LogP contribution is -2.22. The number of ether oxygens (including phenoxy) is 3. The van der Waals surface area contributed by atoms with Crippen LogP contribution in [0.5, 0.6) is 5.75 Å². The molecule has 1 aliphatic rings. The van der Waals surface area contributed by atoms with Crippen molar-refractivity contribution in [3.05, 3.63) is 36.0 Å². The van der Waals surface area contributed by atoms with Crippen LogP contribution in [-0.2, 0) is 16.1 Å². The zero-order valence-corrected chi connectivity index (χ0v) is 10.8. The lowest BCUT2D eigenvalue weighted by Gasteiger charge is -2.19. The highest BCUT2D eigenvalue weighted by Crippen LogP contribution is 2.19. The molecule has 2 N–H and O–H groups in total. The number of hydrogen-bond acceptors (Lipinski definition) is 7. The highest BCUT2D eigenvalue weighted by Gasteiger charge is 2.22. The van der Waals surface area contributed by atoms with E-state index in [2.05, 4.69) is 10.1 Å². The lowest BCUT2D eigenvalue weighted by atomic mass is 10.3. The van der Waals surface area contributed by atoms with Crippen LogP contribution < -0.4 is 10.5 Å². The molecule has 20 heavy (non-hydrogen) atoms. The maximum atomic E-state index is 5.60. The van der Waals surface area contributed by atoms with Crippen LogP contribution in [0.1, 0.15) is 17.8 Å². The minimum Gasteiger partial charge on any atom is -0.484 e. The number of rotatable bonds is 4. The Morgan fingerprint density at radius 3 is 2.85 bits per heavy atom. The Bertz CT molecular complexity index is 549. The van der Waals surface area contributed by atoms with Crippen LogP contribution in [0.25, 0.3) is 0 Å². The Hall–Kier alpha value is -2.12. The minimum atomic E-state index is -0.266. The molecule has 0 spiro atoms. The van der Waals surface area contributed by atoms with Gasteiger partial charge in [-0.05, 0) is 24.3 Å². The Balaban J connectivity index is 1.58. The molecule has 1 aliphatic heterocycles. The second-order valence-electron chi connectivity index (χ2n) is 4.34. The summed E-state index contributed by atoms with van der Waals surface area (Å²) in [5, 5.41) is 3.88. The Labute approximate surface area is 115 Å². The standard InChI is InChI=1S/C13H15N3O4/c14-9-1-3-10(4-2-9)19-8-12-15-13(16-20-12)11-7-17-5-6-18-11/h1-4,11H,5-8,14H2. The first kappa shape index (κ1) is 12.9. The molecule has 1 saturated heterocycles. The molecule has 1 aromatic carbocycles. The molecule has 7 heteroatoms. The number of nitrogens with two attached hydrogens (primary N) is 1. The molecule has 3 rings (SSSR count). The van der Waals surface area contributed by atoms with E-state index in [1.807, 2.05) is 0 Å². The van der Waals surface area contributed by atoms with Gasteiger partial charge < -0.3 is 24.5 Å². The van der Waals surface area contributed by atoms with Crippen LogP contribution in [0.2, 0.25) is 0 Å². The number of benzene rings is 1. The Morgan fingerprint density at radius 1 is 1.25 bits per heavy atom. The minimum absolute atomic E-state index is 0.199. The van der Waals surface area contributed by atoms with Crippen molar-refractivity contribution >= 4 is 5.69 Å². The molecule has 106 valence electrons. The maximum Gasteiger partial charge on any atom is 0.264 e. The van der Waals surface area contributed by atoms with Crippen LogP contribution >= 0.6 is 0 Å². The highest BCUT2D eigenvalue weighted by molar-refractivity contribution is 5.41. The van der Waals surface area contributed by atoms with Gasteiger partial charge in [0.1, 0.15) is 11.9 Å². The zero-order chi connectivity index (χ0) is 13.8. The summed E-state index contributed by atoms with van der Waals surface area (Å²) in [5.41, 5.74) is 6.28. The monoisotopic (exact) mass is 277 g/mol. The molecular formula is C13H15N3O4. The van der Waals surface area contributed by atoms with Crippen LogP contribution in [0.3, 0.4) is 0 Å². The number of anilines is 1. The van der Waals surface area contributed by atoms with E-state index in [9.17, 15) is 0 Å². The summed E-state index contributed by atoms with van der Waals surface area (Å²) in [5.74, 6) is 1.57. The summed E-state index contributed by atoms with van der Waals surface area (Å²) in [6.07, 6.45) is -0.266. The van der Waals surface area contributed by atoms with Gasteiger partial charge in [-0.3, -0.25) is 0 Å². The van der Waals surface area contributed by atoms with E-state index >= 15 is 0 Å². The van der Waals surface area contributed by atoms with Crippen LogP contribution in [0.15, 0.2) is 28.8 Å². The maximum absolute atomic E-state index is 5.60. The summed E-state index contributed by atoms with van der Waals surface area (Å²) in [7, 11) is 0. The molecular weight excluding hydrogens is 262 g/mol. The molecule has 0 bridgehead atoms. The SMILES string of the molecule is Nc1ccc(OCc2nc(C3COCCO3)no2)cc1. The topological polar surface area (TPSA) is 92.6 Å². The van der Waals surface area contributed by atoms with Gasteiger partial charge in [0.25, 0.3) is 5.89 Å². The number of aromatic nitrogens is 2. The van der Waals surface area contributed by atoms with Crippen LogP contribution in [-0.4, -0.2) is 30.0 Å². The van der Waals surface area contributed by atoms with Gasteiger partial charge in [0.15, 0.2) is 6.61 Å². The van der Waals surface area contributed by atoms with Crippen molar-refractivity contribution in [1.82, 2.24) is 10.1 Å². The molecule has 2 heterocycles. The first-order valence-corrected chi connectivity index (χ1v) is 6.31. The smallest absolute Gasteiger partial charge is 0.264 e. The summed E-state index contributed by atoms with van der Waals surface area (Å²) >= 11 is 0. The van der Waals surface area contributed by atoms with Crippen molar-refractivity contribution in [3.8, 4) is 5.75 Å². The van der Waals surface area contributed by atoms with E-state index in [1.54, 1.807) is 24.3 Å². The van der Waals surface area contributed by atoms with Gasteiger partial charge >= 0.3 is 0 Å². The highest BCUT2D eigenvalue weighted by atomic mass is 16.6. The zero-order valence-electron chi connectivity index (χ0n) is 10.8. The predicted molar refractivity (Wildman–Crippen MR) is 69.0 cm³/mol. The van der Waals surface area contributed by atoms with Crippen molar-refractivity contribution < 1.29 is 18.7 Å². The summed E-state index contributed by atoms with van der Waals surface area (Å²) in [6.45, 7) is 1.78. The van der Waals surface area contributed by atoms with Crippen molar-refractivity contribution in [1.29, 1.82) is 0 Å². The van der Waals surface area contributed by atoms with E-state index in [0.717, 1.165) is 0 Å². The average molecular weight is 277 g/mol. The molecule has 1 atom stereocenters. The van der Waals surface area contributed by atoms with Crippen molar-refractivity contribution in [2.45, 2.75) is 12.7 Å². The molecule has 0 amide bonds. The predicted octanol–water partition coefficient (Wildman–Crippen LogP) is 1.32. The Morgan fingerprint density at radius 2 is 2.10 bits per heavy atom. The number of nitrogen functional groups attached to an aromatic ring is 1. The van der Waals surface area contributed by atoms with Crippen molar-refractivity contribution in [3.63, 3.8) is 0 Å². The summed E-state index contributed by atoms with van der Waals surface area (Å²) in [4.78, 5) is 4.23. The van der Waals surface area contributed by atoms with Crippen LogP contribution in [0.4, 0.5) is 5.69 Å². The third kappa shape index (κ3) is 3.06. The number of nitrogens with zero attached hydrogens (tertiary/aromatic N) is 2. The van der Waals surface area contributed by atoms with Gasteiger partial charge in [-0.25, -0.2) is 0 Å². The van der Waals surface area contributed by atoms with E-state index in [1.165, 1.54) is 0 Å². The normalized spacial score (nSPS) is 18.9. The number of hydrogen-bond donors (Lipinski definition) is 1. The molecule has 7 nitrogen and oxygen atoms in total. The second kappa shape index (κ2) is 5.89. The summed E-state index contributed by atoms with van der Waals surface area (Å²) < 4.78 is 21.4. The molecule has 1 fully saturated rings. The van der Waals surface area contributed by atoms with E-state index in [0.29, 0.717) is 43.0 Å². The second-order valence-corrected chi connectivity index (χ2v) is 4.34. The molecule has 1 unspecified atom stereocenters. The third-order valence-corrected chi connectivity index (χ3v) is 2.83. The van der Waals surface area contributed by atoms with Gasteiger partial charge in [-0.15, -0.1) is 0 Å². The van der Waals surface area contributed by atoms with Gasteiger partial charge in [-0.1, -0.05) is 5.16 Å². The quantitative estimate of drug-likeness (QED) is 0.842. The summed E-state index contributed by atoms with van der Waals surface area (Å²) in [6, 6.07) is 7.10. The fourth-order valence-corrected chi connectivity index (χ4v) is 1.80. The van der Waals surface area contributed by atoms with Gasteiger partial charge in [0.2, 0.25) is 5.82 Å². The third-order valence-electron chi connectivity index (χ3n) is 2.83. The van der Waals surface area contributed by atoms with Crippen LogP contribution in [0, 0.1) is 0 Å². The van der Waals surface area contributed by atoms with Gasteiger partial charge in [0.05, 0.1) is 19.8 Å². The van der Waals surface area contributed by atoms with Gasteiger partial charge in [-0.2, -0.15) is 4.98 Å². The molecule has 1 aromatic heterocycles. The van der Waals surface area contributed by atoms with Crippen molar-refractivity contribution in [2.24, 2.45) is 0 Å². The molecule has 2 aromatic rings. The lowest BCUT2D eigenvalue weighted by molar-refractivity contribution is -0.0941. The first-order chi connectivity index (χ1) is 9.81. The first-order valence-electron chi connectivity index (χ1n) is 6.31. The van der Waals surface area contributed by atoms with E-state index in [-0.39, 0.29) is 12.7 Å². The Kier molecular flexibility index (Phi) is 3.80. The average Bonchev–Trinajstić information content (AvgIpc) is 2.97. The molecule has 0 aliphatic carbocycles. The fourth-order valence-electron chi connectivity index (χ4n) is 1.80. The van der Waals surface area contributed by atoms with Crippen molar-refractivity contribution in [2.75, 3.05) is 25.6 Å². The van der Waals surface area contributed by atoms with Gasteiger partial charge in [0, 0.05) is 5.69 Å². The van der Waals surface area contributed by atoms with E-state index < -0.39 is 0 Å². The van der Waals surface area contributed by atoms with E-state index in [4.69, 9.17) is 24.5 Å². The molecule has 0 radical (unpaired) electrons. The largest absolute Gasteiger partial charge is 0.484 e. The fraction of sp³-hybridized carbons (Fsp3) is 0.385.